The lowest BCUT2D eigenvalue weighted by Gasteiger charge is -2.43. The number of anilines is 2. The summed E-state index contributed by atoms with van der Waals surface area (Å²) in [7, 11) is 7.55. The Morgan fingerprint density at radius 2 is 1.77 bits per heavy atom. The van der Waals surface area contributed by atoms with Gasteiger partial charge in [-0.3, -0.25) is 4.79 Å². The molecule has 2 N–H and O–H groups in total. The van der Waals surface area contributed by atoms with Crippen LogP contribution >= 0.6 is 0 Å². The third kappa shape index (κ3) is 6.31. The maximum atomic E-state index is 17.9. The Labute approximate surface area is 325 Å². The van der Waals surface area contributed by atoms with Crippen molar-refractivity contribution in [1.82, 2.24) is 34.2 Å². The van der Waals surface area contributed by atoms with Crippen LogP contribution in [0.15, 0.2) is 36.4 Å². The summed E-state index contributed by atoms with van der Waals surface area (Å²) in [5, 5.41) is 11.9. The number of fused-ring (bicyclic) bond motifs is 5. The molecule has 0 spiro atoms. The molecule has 4 aliphatic rings. The number of benzene rings is 2. The van der Waals surface area contributed by atoms with Crippen LogP contribution in [-0.4, -0.2) is 112 Å². The Morgan fingerprint density at radius 1 is 1.02 bits per heavy atom. The van der Waals surface area contributed by atoms with E-state index in [1.807, 2.05) is 70.1 Å². The molecule has 2 bridgehead atoms. The highest BCUT2D eigenvalue weighted by Gasteiger charge is 2.56. The summed E-state index contributed by atoms with van der Waals surface area (Å²) in [6.45, 7) is 7.46. The summed E-state index contributed by atoms with van der Waals surface area (Å²) in [5.41, 5.74) is 8.46. The lowest BCUT2D eigenvalue weighted by atomic mass is 9.79. The Hall–Kier alpha value is -5.55. The molecule has 2 amide bonds. The molecule has 5 aromatic rings. The van der Waals surface area contributed by atoms with Crippen molar-refractivity contribution in [1.29, 1.82) is 5.26 Å². The monoisotopic (exact) mass is 760 g/mol. The second-order valence-corrected chi connectivity index (χ2v) is 16.9. The van der Waals surface area contributed by atoms with E-state index in [0.717, 1.165) is 17.2 Å². The molecular formula is C42H49FN10O3. The van der Waals surface area contributed by atoms with Crippen molar-refractivity contribution < 1.29 is 18.7 Å². The van der Waals surface area contributed by atoms with Gasteiger partial charge >= 0.3 is 6.09 Å². The number of aryl methyl sites for hydroxylation is 2. The van der Waals surface area contributed by atoms with E-state index in [9.17, 15) is 14.9 Å². The number of nitrogens with two attached hydrogens (primary N) is 1. The normalized spacial score (nSPS) is 19.5. The van der Waals surface area contributed by atoms with Crippen LogP contribution in [0.5, 0.6) is 0 Å². The van der Waals surface area contributed by atoms with E-state index in [-0.39, 0.29) is 72.2 Å². The van der Waals surface area contributed by atoms with Gasteiger partial charge in [-0.05, 0) is 70.8 Å². The van der Waals surface area contributed by atoms with Gasteiger partial charge in [0.2, 0.25) is 5.91 Å². The Bertz CT molecular complexity index is 2440. The van der Waals surface area contributed by atoms with E-state index in [0.29, 0.717) is 65.4 Å². The molecule has 6 heterocycles. The third-order valence-corrected chi connectivity index (χ3v) is 11.6. The maximum absolute atomic E-state index is 17.9. The maximum Gasteiger partial charge on any atom is 0.410 e. The standard InChI is InChI=1S/C42H49FN10O3/c1-42(2,3)56-41(55)52-20-25-18-29(52)38(25)53-31(14-15-32(54)50(6)7)47-37-39(53)28-17-24(12-10-16-44)33(35-27-13-9-8-11-23(27)19-30(45)46-35)34(43)36(28)48-40(37)51-21-26(22-51)49(4)5/h8-9,11,13,17,19,25-26,29,38H,10,12,14-15,18,20-22H2,1-7H3,(H2,45,46). The second-order valence-electron chi connectivity index (χ2n) is 16.9. The highest BCUT2D eigenvalue weighted by Crippen LogP contribution is 2.53. The fraction of sp³-hybridized carbons (Fsp3) is 0.476. The number of hydrogen-bond acceptors (Lipinski definition) is 10. The molecule has 1 aliphatic carbocycles. The molecule has 56 heavy (non-hydrogen) atoms. The highest BCUT2D eigenvalue weighted by atomic mass is 19.1. The van der Waals surface area contributed by atoms with Gasteiger partial charge in [-0.15, -0.1) is 0 Å². The lowest BCUT2D eigenvalue weighted by Crippen LogP contribution is -2.57. The van der Waals surface area contributed by atoms with Crippen molar-refractivity contribution >= 4 is 56.3 Å². The molecule has 3 aromatic heterocycles. The molecule has 14 heteroatoms. The van der Waals surface area contributed by atoms with Gasteiger partial charge in [-0.1, -0.05) is 24.3 Å². The van der Waals surface area contributed by atoms with Gasteiger partial charge in [-0.2, -0.15) is 5.26 Å². The SMILES string of the molecule is CN(C)C(=O)CCc1nc2c(N3CC(N(C)C)C3)nc3c(F)c(-c4nc(N)cc5ccccc45)c(CCC#N)cc3c2n1C1C2CC1N(C(=O)OC(C)(C)C)C2. The number of aromatic nitrogens is 4. The number of imidazole rings is 1. The number of pyridine rings is 2. The molecule has 4 fully saturated rings. The molecule has 3 saturated heterocycles. The number of hydrogen-bond donors (Lipinski definition) is 1. The van der Waals surface area contributed by atoms with Crippen molar-refractivity contribution in [3.05, 3.63) is 53.6 Å². The number of rotatable bonds is 9. The minimum Gasteiger partial charge on any atom is -0.444 e. The fourth-order valence-corrected chi connectivity index (χ4v) is 8.71. The number of likely N-dealkylation sites (N-methyl/N-ethyl adjacent to an activating group) is 1. The first-order valence-corrected chi connectivity index (χ1v) is 19.3. The average Bonchev–Trinajstić information content (AvgIpc) is 3.82. The smallest absolute Gasteiger partial charge is 0.410 e. The average molecular weight is 761 g/mol. The van der Waals surface area contributed by atoms with Crippen LogP contribution in [0.2, 0.25) is 0 Å². The van der Waals surface area contributed by atoms with Crippen molar-refractivity contribution in [3.8, 4) is 17.3 Å². The largest absolute Gasteiger partial charge is 0.444 e. The zero-order chi connectivity index (χ0) is 39.8. The van der Waals surface area contributed by atoms with Gasteiger partial charge in [-0.25, -0.2) is 24.1 Å². The Kier molecular flexibility index (Phi) is 9.26. The number of halogens is 1. The Balaban J connectivity index is 1.40. The van der Waals surface area contributed by atoms with Crippen LogP contribution in [0.4, 0.5) is 20.8 Å². The van der Waals surface area contributed by atoms with Gasteiger partial charge in [0.1, 0.15) is 28.3 Å². The van der Waals surface area contributed by atoms with Crippen molar-refractivity contribution in [2.45, 2.75) is 76.6 Å². The first-order chi connectivity index (χ1) is 26.6. The van der Waals surface area contributed by atoms with Gasteiger partial charge < -0.3 is 34.6 Å². The summed E-state index contributed by atoms with van der Waals surface area (Å²) in [5.74, 6) is 1.04. The molecule has 9 rings (SSSR count). The van der Waals surface area contributed by atoms with Crippen LogP contribution in [0.3, 0.4) is 0 Å². The second kappa shape index (κ2) is 13.9. The van der Waals surface area contributed by atoms with E-state index in [1.165, 1.54) is 0 Å². The number of ether oxygens (including phenoxy) is 1. The van der Waals surface area contributed by atoms with Gasteiger partial charge in [0, 0.05) is 81.3 Å². The van der Waals surface area contributed by atoms with E-state index < -0.39 is 11.4 Å². The molecule has 13 nitrogen and oxygen atoms in total. The molecule has 2 aromatic carbocycles. The summed E-state index contributed by atoms with van der Waals surface area (Å²) in [6.07, 6.45) is 1.42. The number of carbonyl (C=O) groups excluding carboxylic acids is 2. The minimum atomic E-state index is -0.657. The van der Waals surface area contributed by atoms with Crippen molar-refractivity contribution in [2.24, 2.45) is 5.92 Å². The number of amides is 2. The summed E-state index contributed by atoms with van der Waals surface area (Å²) < 4.78 is 25.9. The molecule has 3 atom stereocenters. The molecule has 3 unspecified atom stereocenters. The summed E-state index contributed by atoms with van der Waals surface area (Å²) in [4.78, 5) is 49.4. The summed E-state index contributed by atoms with van der Waals surface area (Å²) >= 11 is 0. The van der Waals surface area contributed by atoms with Gasteiger partial charge in [0.25, 0.3) is 0 Å². The van der Waals surface area contributed by atoms with Crippen LogP contribution in [0.25, 0.3) is 44.0 Å². The minimum absolute atomic E-state index is 0.0355. The fourth-order valence-electron chi connectivity index (χ4n) is 8.71. The van der Waals surface area contributed by atoms with Crippen molar-refractivity contribution in [3.63, 3.8) is 0 Å². The molecule has 292 valence electrons. The van der Waals surface area contributed by atoms with Gasteiger partial charge in [0.15, 0.2) is 11.6 Å². The highest BCUT2D eigenvalue weighted by molar-refractivity contribution is 6.10. The van der Waals surface area contributed by atoms with E-state index in [2.05, 4.69) is 20.4 Å². The van der Waals surface area contributed by atoms with Crippen LogP contribution in [0, 0.1) is 23.1 Å². The first kappa shape index (κ1) is 37.4. The van der Waals surface area contributed by atoms with Crippen molar-refractivity contribution in [2.75, 3.05) is 58.5 Å². The van der Waals surface area contributed by atoms with E-state index >= 15 is 4.39 Å². The van der Waals surface area contributed by atoms with E-state index in [1.54, 1.807) is 25.1 Å². The predicted molar refractivity (Wildman–Crippen MR) is 215 cm³/mol. The van der Waals surface area contributed by atoms with E-state index in [4.69, 9.17) is 25.4 Å². The molecular weight excluding hydrogens is 712 g/mol. The first-order valence-electron chi connectivity index (χ1n) is 19.3. The zero-order valence-corrected chi connectivity index (χ0v) is 33.1. The Morgan fingerprint density at radius 3 is 2.46 bits per heavy atom. The zero-order valence-electron chi connectivity index (χ0n) is 33.1. The molecule has 3 aliphatic heterocycles. The topological polar surface area (TPSA) is 150 Å². The summed E-state index contributed by atoms with van der Waals surface area (Å²) in [6, 6.07) is 13.5. The van der Waals surface area contributed by atoms with Crippen LogP contribution < -0.4 is 10.6 Å². The molecule has 1 saturated carbocycles. The number of nitrogens with zero attached hydrogens (tertiary/aromatic N) is 9. The molecule has 0 radical (unpaired) electrons. The third-order valence-electron chi connectivity index (χ3n) is 11.6. The number of carbonyl (C=O) groups is 2. The van der Waals surface area contributed by atoms with Crippen LogP contribution in [-0.2, 0) is 22.4 Å². The lowest BCUT2D eigenvalue weighted by molar-refractivity contribution is -0.128. The number of nitriles is 1. The quantitative estimate of drug-likeness (QED) is 0.192. The predicted octanol–water partition coefficient (Wildman–Crippen LogP) is 5.93. The van der Waals surface area contributed by atoms with Gasteiger partial charge in [0.05, 0.1) is 29.4 Å². The number of nitrogen functional groups attached to an aromatic ring is 1. The van der Waals surface area contributed by atoms with Crippen LogP contribution in [0.1, 0.15) is 57.5 Å².